The van der Waals surface area contributed by atoms with Crippen LogP contribution in [0.1, 0.15) is 25.3 Å². The fraction of sp³-hybridized carbons (Fsp3) is 0.500. The van der Waals surface area contributed by atoms with Crippen LogP contribution in [0, 0.1) is 0 Å². The topological polar surface area (TPSA) is 35.2 Å². The van der Waals surface area contributed by atoms with Gasteiger partial charge in [-0.1, -0.05) is 29.3 Å². The van der Waals surface area contributed by atoms with Crippen LogP contribution < -0.4 is 10.5 Å². The van der Waals surface area contributed by atoms with Crippen LogP contribution in [0.25, 0.3) is 0 Å². The van der Waals surface area contributed by atoms with Crippen molar-refractivity contribution in [1.29, 1.82) is 0 Å². The van der Waals surface area contributed by atoms with Crippen molar-refractivity contribution in [3.63, 3.8) is 0 Å². The lowest BCUT2D eigenvalue weighted by Crippen LogP contribution is -2.22. The van der Waals surface area contributed by atoms with Gasteiger partial charge in [0.05, 0.1) is 7.11 Å². The second kappa shape index (κ2) is 6.13. The quantitative estimate of drug-likeness (QED) is 0.893. The zero-order chi connectivity index (χ0) is 11.3. The predicted octanol–water partition coefficient (Wildman–Crippen LogP) is 3.13. The minimum atomic E-state index is 0.221. The van der Waals surface area contributed by atoms with E-state index >= 15 is 0 Å². The molecule has 0 aliphatic carbocycles. The van der Waals surface area contributed by atoms with Gasteiger partial charge in [0.15, 0.2) is 0 Å². The Hall–Kier alpha value is -0.540. The van der Waals surface area contributed by atoms with Gasteiger partial charge in [0.1, 0.15) is 5.75 Å². The molecule has 0 aromatic heterocycles. The molecule has 0 aliphatic heterocycles. The first-order valence-corrected chi connectivity index (χ1v) is 6.04. The van der Waals surface area contributed by atoms with Gasteiger partial charge in [-0.25, -0.2) is 0 Å². The lowest BCUT2D eigenvalue weighted by atomic mass is 10.0. The van der Waals surface area contributed by atoms with Crippen LogP contribution >= 0.6 is 15.9 Å². The fourth-order valence-electron chi connectivity index (χ4n) is 1.66. The SMILES string of the molecule is CCCC(N)Cc1cc(Br)ccc1OC. The van der Waals surface area contributed by atoms with Gasteiger partial charge in [0.2, 0.25) is 0 Å². The summed E-state index contributed by atoms with van der Waals surface area (Å²) in [6.45, 7) is 2.15. The molecule has 1 rings (SSSR count). The average Bonchev–Trinajstić information content (AvgIpc) is 2.18. The molecule has 1 atom stereocenters. The molecule has 1 aromatic rings. The van der Waals surface area contributed by atoms with Gasteiger partial charge in [-0.05, 0) is 36.6 Å². The van der Waals surface area contributed by atoms with Crippen LogP contribution in [0.15, 0.2) is 22.7 Å². The Balaban J connectivity index is 2.77. The van der Waals surface area contributed by atoms with Crippen LogP contribution in [0.5, 0.6) is 5.75 Å². The molecule has 0 amide bonds. The third-order valence-electron chi connectivity index (χ3n) is 2.38. The number of halogens is 1. The Morgan fingerprint density at radius 3 is 2.80 bits per heavy atom. The van der Waals surface area contributed by atoms with E-state index in [9.17, 15) is 0 Å². The van der Waals surface area contributed by atoms with Crippen molar-refractivity contribution in [3.05, 3.63) is 28.2 Å². The standard InChI is InChI=1S/C12H18BrNO/c1-3-4-11(14)8-9-7-10(13)5-6-12(9)15-2/h5-7,11H,3-4,8,14H2,1-2H3. The molecule has 0 saturated heterocycles. The zero-order valence-corrected chi connectivity index (χ0v) is 10.9. The van der Waals surface area contributed by atoms with Crippen molar-refractivity contribution in [1.82, 2.24) is 0 Å². The lowest BCUT2D eigenvalue weighted by Gasteiger charge is -2.13. The zero-order valence-electron chi connectivity index (χ0n) is 9.29. The van der Waals surface area contributed by atoms with Crippen LogP contribution in [0.3, 0.4) is 0 Å². The summed E-state index contributed by atoms with van der Waals surface area (Å²) in [6.07, 6.45) is 3.05. The van der Waals surface area contributed by atoms with Crippen LogP contribution in [0.2, 0.25) is 0 Å². The summed E-state index contributed by atoms with van der Waals surface area (Å²) in [5, 5.41) is 0. The molecule has 2 N–H and O–H groups in total. The average molecular weight is 272 g/mol. The highest BCUT2D eigenvalue weighted by Gasteiger charge is 2.08. The summed E-state index contributed by atoms with van der Waals surface area (Å²) < 4.78 is 6.37. The summed E-state index contributed by atoms with van der Waals surface area (Å²) in [5.74, 6) is 0.921. The first-order chi connectivity index (χ1) is 7.17. The van der Waals surface area contributed by atoms with Crippen molar-refractivity contribution in [2.75, 3.05) is 7.11 Å². The third-order valence-corrected chi connectivity index (χ3v) is 2.88. The van der Waals surface area contributed by atoms with Gasteiger partial charge in [0.25, 0.3) is 0 Å². The first kappa shape index (κ1) is 12.5. The smallest absolute Gasteiger partial charge is 0.122 e. The molecule has 15 heavy (non-hydrogen) atoms. The van der Waals surface area contributed by atoms with E-state index in [0.717, 1.165) is 29.5 Å². The predicted molar refractivity (Wildman–Crippen MR) is 67.3 cm³/mol. The third kappa shape index (κ3) is 3.84. The van der Waals surface area contributed by atoms with E-state index in [4.69, 9.17) is 10.5 Å². The molecule has 0 bridgehead atoms. The van der Waals surface area contributed by atoms with Crippen molar-refractivity contribution < 1.29 is 4.74 Å². The highest BCUT2D eigenvalue weighted by molar-refractivity contribution is 9.10. The van der Waals surface area contributed by atoms with E-state index in [0.29, 0.717) is 0 Å². The van der Waals surface area contributed by atoms with Gasteiger partial charge in [-0.3, -0.25) is 0 Å². The molecular weight excluding hydrogens is 254 g/mol. The van der Waals surface area contributed by atoms with Gasteiger partial charge in [0, 0.05) is 10.5 Å². The Morgan fingerprint density at radius 1 is 1.47 bits per heavy atom. The number of methoxy groups -OCH3 is 1. The second-order valence-electron chi connectivity index (χ2n) is 3.71. The highest BCUT2D eigenvalue weighted by atomic mass is 79.9. The van der Waals surface area contributed by atoms with Crippen molar-refractivity contribution in [2.24, 2.45) is 5.73 Å². The largest absolute Gasteiger partial charge is 0.496 e. The summed E-state index contributed by atoms with van der Waals surface area (Å²) in [7, 11) is 1.69. The molecule has 2 nitrogen and oxygen atoms in total. The molecular formula is C12H18BrNO. The van der Waals surface area contributed by atoms with Crippen molar-refractivity contribution in [2.45, 2.75) is 32.2 Å². The monoisotopic (exact) mass is 271 g/mol. The number of ether oxygens (including phenoxy) is 1. The van der Waals surface area contributed by atoms with Crippen LogP contribution in [0.4, 0.5) is 0 Å². The van der Waals surface area contributed by atoms with Gasteiger partial charge >= 0.3 is 0 Å². The molecule has 84 valence electrons. The number of nitrogens with two attached hydrogens (primary N) is 1. The van der Waals surface area contributed by atoms with E-state index in [1.165, 1.54) is 5.56 Å². The lowest BCUT2D eigenvalue weighted by molar-refractivity contribution is 0.407. The van der Waals surface area contributed by atoms with Crippen LogP contribution in [-0.4, -0.2) is 13.2 Å². The maximum atomic E-state index is 6.02. The van der Waals surface area contributed by atoms with E-state index in [1.54, 1.807) is 7.11 Å². The number of hydrogen-bond donors (Lipinski definition) is 1. The Bertz CT molecular complexity index is 314. The molecule has 0 radical (unpaired) electrons. The fourth-order valence-corrected chi connectivity index (χ4v) is 2.07. The molecule has 0 aliphatic rings. The summed E-state index contributed by atoms with van der Waals surface area (Å²) in [4.78, 5) is 0. The molecule has 0 fully saturated rings. The van der Waals surface area contributed by atoms with E-state index in [-0.39, 0.29) is 6.04 Å². The number of rotatable bonds is 5. The highest BCUT2D eigenvalue weighted by Crippen LogP contribution is 2.24. The first-order valence-electron chi connectivity index (χ1n) is 5.25. The molecule has 3 heteroatoms. The maximum absolute atomic E-state index is 6.02. The molecule has 1 unspecified atom stereocenters. The Labute approximate surface area is 99.9 Å². The van der Waals surface area contributed by atoms with Crippen molar-refractivity contribution in [3.8, 4) is 5.75 Å². The maximum Gasteiger partial charge on any atom is 0.122 e. The van der Waals surface area contributed by atoms with Crippen molar-refractivity contribution >= 4 is 15.9 Å². The Kier molecular flexibility index (Phi) is 5.12. The molecule has 0 saturated carbocycles. The molecule has 0 heterocycles. The Morgan fingerprint density at radius 2 is 2.20 bits per heavy atom. The minimum absolute atomic E-state index is 0.221. The van der Waals surface area contributed by atoms with E-state index in [2.05, 4.69) is 28.9 Å². The summed E-state index contributed by atoms with van der Waals surface area (Å²) in [5.41, 5.74) is 7.19. The molecule has 0 spiro atoms. The second-order valence-corrected chi connectivity index (χ2v) is 4.62. The van der Waals surface area contributed by atoms with Gasteiger partial charge in [-0.2, -0.15) is 0 Å². The van der Waals surface area contributed by atoms with Crippen LogP contribution in [-0.2, 0) is 6.42 Å². The number of benzene rings is 1. The minimum Gasteiger partial charge on any atom is -0.496 e. The molecule has 1 aromatic carbocycles. The van der Waals surface area contributed by atoms with Gasteiger partial charge in [-0.15, -0.1) is 0 Å². The summed E-state index contributed by atoms with van der Waals surface area (Å²) >= 11 is 3.46. The van der Waals surface area contributed by atoms with Gasteiger partial charge < -0.3 is 10.5 Å². The van der Waals surface area contributed by atoms with E-state index < -0.39 is 0 Å². The normalized spacial score (nSPS) is 12.5. The summed E-state index contributed by atoms with van der Waals surface area (Å²) in [6, 6.07) is 6.25. The van der Waals surface area contributed by atoms with E-state index in [1.807, 2.05) is 12.1 Å². The number of hydrogen-bond acceptors (Lipinski definition) is 2.